The van der Waals surface area contributed by atoms with Gasteiger partial charge in [0.05, 0.1) is 27.7 Å². The Morgan fingerprint density at radius 3 is 2.39 bits per heavy atom. The Bertz CT molecular complexity index is 316. The highest BCUT2D eigenvalue weighted by Crippen LogP contribution is 2.43. The molecule has 0 fully saturated rings. The van der Waals surface area contributed by atoms with Gasteiger partial charge < -0.3 is 14.7 Å². The summed E-state index contributed by atoms with van der Waals surface area (Å²) in [6.45, 7) is 3.69. The summed E-state index contributed by atoms with van der Waals surface area (Å²) in [6, 6.07) is -0.343. The Morgan fingerprint density at radius 2 is 1.94 bits per heavy atom. The molecule has 8 heteroatoms. The van der Waals surface area contributed by atoms with Gasteiger partial charge in [-0.1, -0.05) is 0 Å². The van der Waals surface area contributed by atoms with Crippen molar-refractivity contribution in [3.05, 3.63) is 0 Å². The summed E-state index contributed by atoms with van der Waals surface area (Å²) in [6.07, 6.45) is 0. The van der Waals surface area contributed by atoms with Crippen LogP contribution >= 0.6 is 7.82 Å². The third-order valence-corrected chi connectivity index (χ3v) is 2.94. The number of phosphoric ester groups is 1. The van der Waals surface area contributed by atoms with E-state index in [2.05, 4.69) is 5.32 Å². The number of quaternary nitrogens is 1. The molecule has 0 bridgehead atoms. The Kier molecular flexibility index (Phi) is 7.02. The molecule has 0 aliphatic rings. The molecule has 0 spiro atoms. The number of nitrogens with zero attached hydrogens (tertiary/aromatic N) is 1. The smallest absolute Gasteiger partial charge is 0.352 e. The lowest BCUT2D eigenvalue weighted by atomic mass is 10.4. The SMILES string of the molecule is CC(=O)NC(C)COP(=O)(O)OCC[N+](C)(C)C. The molecule has 108 valence electrons. The zero-order valence-electron chi connectivity index (χ0n) is 11.7. The number of hydrogen-bond donors (Lipinski definition) is 2. The number of phosphoric acid groups is 1. The van der Waals surface area contributed by atoms with Crippen LogP contribution in [0.1, 0.15) is 13.8 Å². The molecule has 0 saturated carbocycles. The van der Waals surface area contributed by atoms with Crippen molar-refractivity contribution in [2.75, 3.05) is 40.9 Å². The Morgan fingerprint density at radius 1 is 1.39 bits per heavy atom. The van der Waals surface area contributed by atoms with Crippen molar-refractivity contribution < 1.29 is 27.8 Å². The number of carbonyl (C=O) groups excluding carboxylic acids is 1. The maximum absolute atomic E-state index is 11.5. The predicted octanol–water partition coefficient (Wildman–Crippen LogP) is 0.351. The van der Waals surface area contributed by atoms with Crippen LogP contribution in [0.5, 0.6) is 0 Å². The van der Waals surface area contributed by atoms with Gasteiger partial charge in [0.2, 0.25) is 5.91 Å². The first-order valence-corrected chi connectivity index (χ1v) is 7.21. The summed E-state index contributed by atoms with van der Waals surface area (Å²) in [7, 11) is 1.81. The molecule has 0 saturated heterocycles. The molecule has 0 aromatic rings. The second kappa shape index (κ2) is 7.21. The molecule has 0 heterocycles. The van der Waals surface area contributed by atoms with Crippen LogP contribution in [0.3, 0.4) is 0 Å². The number of hydrogen-bond acceptors (Lipinski definition) is 4. The number of nitrogens with one attached hydrogen (secondary N) is 1. The lowest BCUT2D eigenvalue weighted by molar-refractivity contribution is -0.870. The number of carbonyl (C=O) groups is 1. The van der Waals surface area contributed by atoms with Crippen molar-refractivity contribution >= 4 is 13.7 Å². The lowest BCUT2D eigenvalue weighted by Gasteiger charge is -2.24. The van der Waals surface area contributed by atoms with Crippen LogP contribution in [0.25, 0.3) is 0 Å². The van der Waals surface area contributed by atoms with E-state index >= 15 is 0 Å². The summed E-state index contributed by atoms with van der Waals surface area (Å²) >= 11 is 0. The van der Waals surface area contributed by atoms with Crippen molar-refractivity contribution in [2.45, 2.75) is 19.9 Å². The van der Waals surface area contributed by atoms with Gasteiger partial charge in [-0.15, -0.1) is 0 Å². The third-order valence-electron chi connectivity index (χ3n) is 1.95. The summed E-state index contributed by atoms with van der Waals surface area (Å²) in [5, 5.41) is 2.54. The van der Waals surface area contributed by atoms with Crippen LogP contribution < -0.4 is 5.32 Å². The highest BCUT2D eigenvalue weighted by molar-refractivity contribution is 7.47. The van der Waals surface area contributed by atoms with E-state index in [1.807, 2.05) is 21.1 Å². The molecule has 18 heavy (non-hydrogen) atoms. The van der Waals surface area contributed by atoms with E-state index in [0.29, 0.717) is 11.0 Å². The summed E-state index contributed by atoms with van der Waals surface area (Å²) in [5.41, 5.74) is 0. The van der Waals surface area contributed by atoms with E-state index in [-0.39, 0.29) is 25.2 Å². The average molecular weight is 283 g/mol. The van der Waals surface area contributed by atoms with Gasteiger partial charge in [0.25, 0.3) is 0 Å². The van der Waals surface area contributed by atoms with Crippen LogP contribution in [0.4, 0.5) is 0 Å². The van der Waals surface area contributed by atoms with E-state index in [1.165, 1.54) is 6.92 Å². The minimum absolute atomic E-state index is 0.0717. The quantitative estimate of drug-likeness (QED) is 0.496. The van der Waals surface area contributed by atoms with Crippen LogP contribution in [0.15, 0.2) is 0 Å². The largest absolute Gasteiger partial charge is 0.472 e. The topological polar surface area (TPSA) is 84.9 Å². The Balaban J connectivity index is 3.93. The minimum Gasteiger partial charge on any atom is -0.352 e. The fraction of sp³-hybridized carbons (Fsp3) is 0.900. The molecule has 0 radical (unpaired) electrons. The maximum Gasteiger partial charge on any atom is 0.472 e. The predicted molar refractivity (Wildman–Crippen MR) is 67.9 cm³/mol. The minimum atomic E-state index is -4.04. The number of likely N-dealkylation sites (N-methyl/N-ethyl adjacent to an activating group) is 1. The molecule has 7 nitrogen and oxygen atoms in total. The third kappa shape index (κ3) is 10.7. The second-order valence-corrected chi connectivity index (χ2v) is 6.67. The fourth-order valence-electron chi connectivity index (χ4n) is 1.06. The van der Waals surface area contributed by atoms with Crippen LogP contribution in [0, 0.1) is 0 Å². The number of rotatable bonds is 8. The summed E-state index contributed by atoms with van der Waals surface area (Å²) < 4.78 is 21.7. The van der Waals surface area contributed by atoms with Crippen LogP contribution in [-0.2, 0) is 18.4 Å². The van der Waals surface area contributed by atoms with Gasteiger partial charge in [0.1, 0.15) is 13.2 Å². The van der Waals surface area contributed by atoms with Gasteiger partial charge in [-0.2, -0.15) is 0 Å². The van der Waals surface area contributed by atoms with E-state index < -0.39 is 7.82 Å². The van der Waals surface area contributed by atoms with E-state index in [9.17, 15) is 14.3 Å². The molecular weight excluding hydrogens is 259 g/mol. The lowest BCUT2D eigenvalue weighted by Crippen LogP contribution is -2.37. The first-order valence-electron chi connectivity index (χ1n) is 5.71. The van der Waals surface area contributed by atoms with Gasteiger partial charge in [-0.25, -0.2) is 4.57 Å². The molecule has 0 aromatic heterocycles. The Labute approximate surface area is 108 Å². The van der Waals surface area contributed by atoms with E-state index in [1.54, 1.807) is 6.92 Å². The van der Waals surface area contributed by atoms with Crippen LogP contribution in [0.2, 0.25) is 0 Å². The zero-order chi connectivity index (χ0) is 14.4. The monoisotopic (exact) mass is 283 g/mol. The standard InChI is InChI=1S/C10H23N2O5P/c1-9(11-10(2)13)8-17-18(14,15)16-7-6-12(3,4)5/h9H,6-8H2,1-5H3,(H-,11,13,14,15)/p+1. The number of amides is 1. The van der Waals surface area contributed by atoms with Crippen molar-refractivity contribution in [1.82, 2.24) is 5.32 Å². The molecule has 1 amide bonds. The Hall–Kier alpha value is -0.460. The average Bonchev–Trinajstić information content (AvgIpc) is 2.11. The molecule has 0 aliphatic heterocycles. The highest BCUT2D eigenvalue weighted by Gasteiger charge is 2.23. The molecule has 0 rings (SSSR count). The molecule has 0 aromatic carbocycles. The summed E-state index contributed by atoms with van der Waals surface area (Å²) in [4.78, 5) is 20.1. The first kappa shape index (κ1) is 17.5. The molecule has 2 unspecified atom stereocenters. The second-order valence-electron chi connectivity index (χ2n) is 5.21. The molecule has 0 aliphatic carbocycles. The van der Waals surface area contributed by atoms with Gasteiger partial charge in [0, 0.05) is 13.0 Å². The fourth-order valence-corrected chi connectivity index (χ4v) is 1.86. The molecular formula is C10H24N2O5P+. The zero-order valence-corrected chi connectivity index (χ0v) is 12.6. The molecule has 2 N–H and O–H groups in total. The van der Waals surface area contributed by atoms with Crippen LogP contribution in [-0.4, -0.2) is 62.2 Å². The summed E-state index contributed by atoms with van der Waals surface area (Å²) in [5.74, 6) is -0.218. The van der Waals surface area contributed by atoms with Gasteiger partial charge >= 0.3 is 7.82 Å². The van der Waals surface area contributed by atoms with Gasteiger partial charge in [0.15, 0.2) is 0 Å². The van der Waals surface area contributed by atoms with E-state index in [0.717, 1.165) is 0 Å². The van der Waals surface area contributed by atoms with Crippen molar-refractivity contribution in [2.24, 2.45) is 0 Å². The van der Waals surface area contributed by atoms with Gasteiger partial charge in [-0.3, -0.25) is 13.8 Å². The first-order chi connectivity index (χ1) is 8.02. The van der Waals surface area contributed by atoms with E-state index in [4.69, 9.17) is 9.05 Å². The highest BCUT2D eigenvalue weighted by atomic mass is 31.2. The van der Waals surface area contributed by atoms with Crippen molar-refractivity contribution in [3.8, 4) is 0 Å². The molecule has 2 atom stereocenters. The van der Waals surface area contributed by atoms with Crippen molar-refractivity contribution in [3.63, 3.8) is 0 Å². The normalized spacial score (nSPS) is 17.0. The van der Waals surface area contributed by atoms with Gasteiger partial charge in [-0.05, 0) is 6.92 Å². The van der Waals surface area contributed by atoms with Crippen molar-refractivity contribution in [1.29, 1.82) is 0 Å². The maximum atomic E-state index is 11.5.